The topological polar surface area (TPSA) is 15.3 Å². The van der Waals surface area contributed by atoms with Crippen molar-refractivity contribution in [1.82, 2.24) is 10.2 Å². The van der Waals surface area contributed by atoms with Crippen LogP contribution in [-0.2, 0) is 6.54 Å². The fourth-order valence-corrected chi connectivity index (χ4v) is 3.05. The van der Waals surface area contributed by atoms with Gasteiger partial charge in [-0.2, -0.15) is 0 Å². The van der Waals surface area contributed by atoms with Crippen LogP contribution in [0.2, 0.25) is 0 Å². The van der Waals surface area contributed by atoms with Gasteiger partial charge in [0.15, 0.2) is 0 Å². The maximum atomic E-state index is 3.27. The minimum atomic E-state index is 0.631. The average molecular weight is 274 g/mol. The molecule has 0 radical (unpaired) electrons. The van der Waals surface area contributed by atoms with E-state index in [2.05, 4.69) is 55.4 Å². The summed E-state index contributed by atoms with van der Waals surface area (Å²) >= 11 is 0. The molecule has 1 heterocycles. The van der Waals surface area contributed by atoms with Crippen LogP contribution in [0.1, 0.15) is 50.2 Å². The third-order valence-electron chi connectivity index (χ3n) is 4.56. The highest BCUT2D eigenvalue weighted by Crippen LogP contribution is 2.22. The Kier molecular flexibility index (Phi) is 6.06. The lowest BCUT2D eigenvalue weighted by molar-refractivity contribution is 0.172. The van der Waals surface area contributed by atoms with Gasteiger partial charge in [-0.25, -0.2) is 0 Å². The van der Waals surface area contributed by atoms with Crippen molar-refractivity contribution in [3.8, 4) is 0 Å². The Hall–Kier alpha value is -0.860. The summed E-state index contributed by atoms with van der Waals surface area (Å²) in [5.74, 6) is 1.56. The zero-order chi connectivity index (χ0) is 14.4. The first-order valence-electron chi connectivity index (χ1n) is 8.15. The first-order valence-corrected chi connectivity index (χ1v) is 8.15. The van der Waals surface area contributed by atoms with Gasteiger partial charge in [-0.3, -0.25) is 4.90 Å². The highest BCUT2D eigenvalue weighted by molar-refractivity contribution is 5.24. The molecular weight excluding hydrogens is 244 g/mol. The van der Waals surface area contributed by atoms with Gasteiger partial charge in [0.05, 0.1) is 0 Å². The van der Waals surface area contributed by atoms with Crippen LogP contribution in [0.25, 0.3) is 0 Å². The predicted octanol–water partition coefficient (Wildman–Crippen LogP) is 3.63. The van der Waals surface area contributed by atoms with E-state index in [1.54, 1.807) is 0 Å². The van der Waals surface area contributed by atoms with E-state index in [4.69, 9.17) is 0 Å². The highest BCUT2D eigenvalue weighted by atomic mass is 15.1. The maximum Gasteiger partial charge on any atom is 0.0233 e. The Labute approximate surface area is 124 Å². The molecule has 112 valence electrons. The lowest BCUT2D eigenvalue weighted by Crippen LogP contribution is -2.34. The van der Waals surface area contributed by atoms with Gasteiger partial charge < -0.3 is 5.32 Å². The van der Waals surface area contributed by atoms with Gasteiger partial charge in [0, 0.05) is 6.54 Å². The summed E-state index contributed by atoms with van der Waals surface area (Å²) in [6.45, 7) is 9.33. The summed E-state index contributed by atoms with van der Waals surface area (Å²) in [4.78, 5) is 2.61. The molecule has 1 aromatic carbocycles. The van der Waals surface area contributed by atoms with E-state index in [1.165, 1.54) is 50.0 Å². The molecule has 1 aliphatic heterocycles. The fraction of sp³-hybridized carbons (Fsp3) is 0.667. The molecule has 20 heavy (non-hydrogen) atoms. The fourth-order valence-electron chi connectivity index (χ4n) is 3.05. The Morgan fingerprint density at radius 2 is 1.80 bits per heavy atom. The molecular formula is C18H30N2. The second-order valence-corrected chi connectivity index (χ2v) is 6.51. The summed E-state index contributed by atoms with van der Waals surface area (Å²) in [5, 5.41) is 3.27. The Morgan fingerprint density at radius 3 is 2.35 bits per heavy atom. The molecule has 2 nitrogen and oxygen atoms in total. The van der Waals surface area contributed by atoms with Crippen LogP contribution >= 0.6 is 0 Å². The first kappa shape index (κ1) is 15.5. The standard InChI is InChI=1S/C18H30N2/c1-15(2)18-6-4-17(5-7-18)14-20-12-9-16(10-13-20)8-11-19-3/h4-7,15-16,19H,8-14H2,1-3H3. The van der Waals surface area contributed by atoms with Gasteiger partial charge in [-0.05, 0) is 68.9 Å². The minimum absolute atomic E-state index is 0.631. The molecule has 1 saturated heterocycles. The van der Waals surface area contributed by atoms with Crippen molar-refractivity contribution in [2.75, 3.05) is 26.7 Å². The quantitative estimate of drug-likeness (QED) is 0.852. The number of rotatable bonds is 6. The number of hydrogen-bond donors (Lipinski definition) is 1. The molecule has 0 spiro atoms. The monoisotopic (exact) mass is 274 g/mol. The minimum Gasteiger partial charge on any atom is -0.320 e. The zero-order valence-corrected chi connectivity index (χ0v) is 13.4. The number of nitrogens with zero attached hydrogens (tertiary/aromatic N) is 1. The van der Waals surface area contributed by atoms with Crippen molar-refractivity contribution in [3.05, 3.63) is 35.4 Å². The molecule has 2 heteroatoms. The molecule has 1 N–H and O–H groups in total. The molecule has 1 aliphatic rings. The van der Waals surface area contributed by atoms with E-state index in [-0.39, 0.29) is 0 Å². The Morgan fingerprint density at radius 1 is 1.15 bits per heavy atom. The van der Waals surface area contributed by atoms with E-state index in [0.717, 1.165) is 12.5 Å². The lowest BCUT2D eigenvalue weighted by atomic mass is 9.93. The maximum absolute atomic E-state index is 3.27. The second-order valence-electron chi connectivity index (χ2n) is 6.51. The highest BCUT2D eigenvalue weighted by Gasteiger charge is 2.18. The molecule has 0 saturated carbocycles. The summed E-state index contributed by atoms with van der Waals surface area (Å²) in [5.41, 5.74) is 2.91. The summed E-state index contributed by atoms with van der Waals surface area (Å²) in [7, 11) is 2.05. The molecule has 0 aromatic heterocycles. The van der Waals surface area contributed by atoms with Crippen molar-refractivity contribution in [3.63, 3.8) is 0 Å². The van der Waals surface area contributed by atoms with E-state index < -0.39 is 0 Å². The molecule has 1 aromatic rings. The smallest absolute Gasteiger partial charge is 0.0233 e. The van der Waals surface area contributed by atoms with Crippen LogP contribution in [-0.4, -0.2) is 31.6 Å². The van der Waals surface area contributed by atoms with Crippen LogP contribution in [0.15, 0.2) is 24.3 Å². The molecule has 2 rings (SSSR count). The second kappa shape index (κ2) is 7.80. The number of benzene rings is 1. The van der Waals surface area contributed by atoms with E-state index in [1.807, 2.05) is 0 Å². The summed E-state index contributed by atoms with van der Waals surface area (Å²) in [6.07, 6.45) is 4.07. The molecule has 0 atom stereocenters. The molecule has 0 amide bonds. The van der Waals surface area contributed by atoms with E-state index in [0.29, 0.717) is 5.92 Å². The Bertz CT molecular complexity index is 375. The number of likely N-dealkylation sites (tertiary alicyclic amines) is 1. The zero-order valence-electron chi connectivity index (χ0n) is 13.4. The van der Waals surface area contributed by atoms with Crippen LogP contribution < -0.4 is 5.32 Å². The first-order chi connectivity index (χ1) is 9.69. The van der Waals surface area contributed by atoms with Gasteiger partial charge in [0.2, 0.25) is 0 Å². The summed E-state index contributed by atoms with van der Waals surface area (Å²) in [6, 6.07) is 9.20. The predicted molar refractivity (Wildman–Crippen MR) is 87.1 cm³/mol. The van der Waals surface area contributed by atoms with Crippen LogP contribution in [0, 0.1) is 5.92 Å². The van der Waals surface area contributed by atoms with Crippen molar-refractivity contribution in [2.45, 2.75) is 45.6 Å². The van der Waals surface area contributed by atoms with Crippen molar-refractivity contribution in [2.24, 2.45) is 5.92 Å². The van der Waals surface area contributed by atoms with Gasteiger partial charge in [-0.15, -0.1) is 0 Å². The SMILES string of the molecule is CNCCC1CCN(Cc2ccc(C(C)C)cc2)CC1. The van der Waals surface area contributed by atoms with Crippen LogP contribution in [0.4, 0.5) is 0 Å². The molecule has 0 bridgehead atoms. The third kappa shape index (κ3) is 4.60. The van der Waals surface area contributed by atoms with Crippen LogP contribution in [0.5, 0.6) is 0 Å². The van der Waals surface area contributed by atoms with Gasteiger partial charge in [0.1, 0.15) is 0 Å². The number of nitrogens with one attached hydrogen (secondary N) is 1. The summed E-state index contributed by atoms with van der Waals surface area (Å²) < 4.78 is 0. The number of piperidine rings is 1. The third-order valence-corrected chi connectivity index (χ3v) is 4.56. The largest absolute Gasteiger partial charge is 0.320 e. The van der Waals surface area contributed by atoms with Crippen molar-refractivity contribution in [1.29, 1.82) is 0 Å². The molecule has 0 aliphatic carbocycles. The van der Waals surface area contributed by atoms with Gasteiger partial charge in [0.25, 0.3) is 0 Å². The molecule has 0 unspecified atom stereocenters. The van der Waals surface area contributed by atoms with Gasteiger partial charge >= 0.3 is 0 Å². The van der Waals surface area contributed by atoms with E-state index >= 15 is 0 Å². The Balaban J connectivity index is 1.77. The van der Waals surface area contributed by atoms with Crippen molar-refractivity contribution >= 4 is 0 Å². The lowest BCUT2D eigenvalue weighted by Gasteiger charge is -2.32. The average Bonchev–Trinajstić information content (AvgIpc) is 2.47. The molecule has 1 fully saturated rings. The normalized spacial score (nSPS) is 17.8. The number of hydrogen-bond acceptors (Lipinski definition) is 2. The van der Waals surface area contributed by atoms with E-state index in [9.17, 15) is 0 Å². The van der Waals surface area contributed by atoms with Crippen LogP contribution in [0.3, 0.4) is 0 Å². The van der Waals surface area contributed by atoms with Crippen molar-refractivity contribution < 1.29 is 0 Å². The van der Waals surface area contributed by atoms with Gasteiger partial charge in [-0.1, -0.05) is 38.1 Å².